The summed E-state index contributed by atoms with van der Waals surface area (Å²) in [5.41, 5.74) is 8.46. The number of carbonyl (C=O) groups is 2. The summed E-state index contributed by atoms with van der Waals surface area (Å²) in [6.07, 6.45) is -6.63. The monoisotopic (exact) mass is 684 g/mol. The van der Waals surface area contributed by atoms with Crippen molar-refractivity contribution in [3.05, 3.63) is 77.9 Å². The number of hydrogen-bond acceptors (Lipinski definition) is 10. The van der Waals surface area contributed by atoms with Gasteiger partial charge in [0.05, 0.1) is 18.4 Å². The van der Waals surface area contributed by atoms with Crippen molar-refractivity contribution in [2.24, 2.45) is 5.73 Å². The van der Waals surface area contributed by atoms with Crippen LogP contribution in [-0.2, 0) is 14.3 Å². The molecule has 5 N–H and O–H groups in total. The number of halogens is 4. The first-order valence-corrected chi connectivity index (χ1v) is 16.0. The SMILES string of the molecule is CCC(=O)N[C@H]1C[C@@H](n2cnc3c(NCC(c4ccccc4)c4ccc(F)cc4)nc(N4CC[C@@H](N)C4)nc32)[C@H](OC(=O)C(F)(F)F)[C@@H]1O. The molecule has 3 heterocycles. The van der Waals surface area contributed by atoms with Gasteiger partial charge in [-0.25, -0.2) is 14.2 Å². The Kier molecular flexibility index (Phi) is 9.70. The van der Waals surface area contributed by atoms with Gasteiger partial charge in [0.2, 0.25) is 11.9 Å². The van der Waals surface area contributed by atoms with Crippen molar-refractivity contribution < 1.29 is 37.0 Å². The fraction of sp³-hybridized carbons (Fsp3) is 0.424. The van der Waals surface area contributed by atoms with E-state index in [1.807, 2.05) is 35.2 Å². The number of nitrogens with one attached hydrogen (secondary N) is 2. The molecular weight excluding hydrogens is 648 g/mol. The minimum Gasteiger partial charge on any atom is -0.451 e. The summed E-state index contributed by atoms with van der Waals surface area (Å²) in [5, 5.41) is 17.0. The van der Waals surface area contributed by atoms with E-state index in [1.165, 1.54) is 23.0 Å². The van der Waals surface area contributed by atoms with Gasteiger partial charge in [-0.15, -0.1) is 0 Å². The van der Waals surface area contributed by atoms with E-state index in [2.05, 4.69) is 15.6 Å². The highest BCUT2D eigenvalue weighted by Crippen LogP contribution is 2.38. The predicted octanol–water partition coefficient (Wildman–Crippen LogP) is 3.42. The first kappa shape index (κ1) is 34.0. The quantitative estimate of drug-likeness (QED) is 0.144. The van der Waals surface area contributed by atoms with E-state index >= 15 is 0 Å². The Morgan fingerprint density at radius 1 is 1.10 bits per heavy atom. The number of nitrogens with zero attached hydrogens (tertiary/aromatic N) is 5. The van der Waals surface area contributed by atoms with Gasteiger partial charge in [-0.3, -0.25) is 4.79 Å². The maximum Gasteiger partial charge on any atom is 0.490 e. The first-order chi connectivity index (χ1) is 23.4. The lowest BCUT2D eigenvalue weighted by Gasteiger charge is -2.25. The van der Waals surface area contributed by atoms with Crippen LogP contribution in [0.5, 0.6) is 0 Å². The number of rotatable bonds is 10. The summed E-state index contributed by atoms with van der Waals surface area (Å²) >= 11 is 0. The van der Waals surface area contributed by atoms with Gasteiger partial charge in [-0.05, 0) is 36.1 Å². The average Bonchev–Trinajstić information content (AvgIpc) is 3.79. The molecule has 1 aliphatic carbocycles. The summed E-state index contributed by atoms with van der Waals surface area (Å²) in [6.45, 7) is 2.91. The number of hydrogen-bond donors (Lipinski definition) is 4. The first-order valence-electron chi connectivity index (χ1n) is 16.0. The highest BCUT2D eigenvalue weighted by atomic mass is 19.4. The number of anilines is 2. The minimum atomic E-state index is -5.31. The molecule has 1 amide bonds. The van der Waals surface area contributed by atoms with Gasteiger partial charge in [0.15, 0.2) is 23.1 Å². The molecule has 2 fully saturated rings. The lowest BCUT2D eigenvalue weighted by atomic mass is 9.91. The van der Waals surface area contributed by atoms with Crippen LogP contribution in [0.25, 0.3) is 11.2 Å². The molecule has 2 aliphatic rings. The Hall–Kier alpha value is -4.83. The number of nitrogens with two attached hydrogens (primary N) is 1. The third-order valence-electron chi connectivity index (χ3n) is 8.99. The number of aliphatic hydroxyl groups excluding tert-OH is 1. The van der Waals surface area contributed by atoms with Gasteiger partial charge < -0.3 is 35.7 Å². The molecule has 6 atom stereocenters. The fourth-order valence-corrected chi connectivity index (χ4v) is 6.44. The van der Waals surface area contributed by atoms with E-state index in [1.54, 1.807) is 19.1 Å². The van der Waals surface area contributed by atoms with Crippen molar-refractivity contribution in [3.63, 3.8) is 0 Å². The molecule has 2 aromatic heterocycles. The van der Waals surface area contributed by atoms with Crippen LogP contribution in [-0.4, -0.2) is 86.6 Å². The molecule has 1 unspecified atom stereocenters. The normalized spacial score (nSPS) is 23.1. The maximum absolute atomic E-state index is 13.8. The van der Waals surface area contributed by atoms with Gasteiger partial charge in [0, 0.05) is 38.0 Å². The number of fused-ring (bicyclic) bond motifs is 1. The van der Waals surface area contributed by atoms with Crippen LogP contribution >= 0.6 is 0 Å². The van der Waals surface area contributed by atoms with Gasteiger partial charge in [0.1, 0.15) is 11.9 Å². The number of benzene rings is 2. The van der Waals surface area contributed by atoms with Gasteiger partial charge in [-0.2, -0.15) is 23.1 Å². The third kappa shape index (κ3) is 7.29. The third-order valence-corrected chi connectivity index (χ3v) is 8.99. The van der Waals surface area contributed by atoms with Gasteiger partial charge in [0.25, 0.3) is 0 Å². The number of alkyl halides is 3. The van der Waals surface area contributed by atoms with E-state index in [0.717, 1.165) is 11.1 Å². The zero-order valence-electron chi connectivity index (χ0n) is 26.5. The number of imidazole rings is 1. The molecule has 0 radical (unpaired) electrons. The summed E-state index contributed by atoms with van der Waals surface area (Å²) in [5.74, 6) is -2.90. The highest BCUT2D eigenvalue weighted by Gasteiger charge is 2.51. The van der Waals surface area contributed by atoms with Crippen molar-refractivity contribution in [2.45, 2.75) is 68.6 Å². The van der Waals surface area contributed by atoms with Gasteiger partial charge in [-0.1, -0.05) is 49.4 Å². The number of ether oxygens (including phenoxy) is 1. The summed E-state index contributed by atoms with van der Waals surface area (Å²) in [7, 11) is 0. The lowest BCUT2D eigenvalue weighted by Crippen LogP contribution is -2.45. The van der Waals surface area contributed by atoms with E-state index in [-0.39, 0.29) is 41.8 Å². The Morgan fingerprint density at radius 2 is 1.82 bits per heavy atom. The minimum absolute atomic E-state index is 0.0698. The average molecular weight is 685 g/mol. The molecule has 4 aromatic rings. The number of aliphatic hydroxyl groups is 1. The number of esters is 1. The summed E-state index contributed by atoms with van der Waals surface area (Å²) < 4.78 is 60.1. The zero-order valence-corrected chi connectivity index (χ0v) is 26.5. The molecular formula is C33H36F4N8O4. The van der Waals surface area contributed by atoms with Crippen molar-refractivity contribution in [2.75, 3.05) is 29.9 Å². The maximum atomic E-state index is 13.8. The molecule has 0 spiro atoms. The van der Waals surface area contributed by atoms with E-state index < -0.39 is 42.3 Å². The Morgan fingerprint density at radius 3 is 2.47 bits per heavy atom. The molecule has 16 heteroatoms. The van der Waals surface area contributed by atoms with Crippen LogP contribution in [0.2, 0.25) is 0 Å². The Labute approximate surface area is 278 Å². The second-order valence-electron chi connectivity index (χ2n) is 12.3. The van der Waals surface area contributed by atoms with E-state index in [4.69, 9.17) is 20.4 Å². The van der Waals surface area contributed by atoms with Crippen LogP contribution < -0.4 is 21.3 Å². The van der Waals surface area contributed by atoms with E-state index in [9.17, 15) is 32.3 Å². The van der Waals surface area contributed by atoms with Crippen LogP contribution in [0, 0.1) is 5.82 Å². The second kappa shape index (κ2) is 14.0. The van der Waals surface area contributed by atoms with Crippen molar-refractivity contribution in [1.82, 2.24) is 24.8 Å². The molecule has 1 aliphatic heterocycles. The topological polar surface area (TPSA) is 161 Å². The van der Waals surface area contributed by atoms with Crippen LogP contribution in [0.4, 0.5) is 29.3 Å². The van der Waals surface area contributed by atoms with Crippen molar-refractivity contribution >= 4 is 34.8 Å². The summed E-state index contributed by atoms with van der Waals surface area (Å²) in [6, 6.07) is 13.6. The van der Waals surface area contributed by atoms with Crippen molar-refractivity contribution in [3.8, 4) is 0 Å². The molecule has 0 bridgehead atoms. The molecule has 260 valence electrons. The molecule has 2 aromatic carbocycles. The zero-order chi connectivity index (χ0) is 34.9. The lowest BCUT2D eigenvalue weighted by molar-refractivity contribution is -0.209. The summed E-state index contributed by atoms with van der Waals surface area (Å²) in [4.78, 5) is 40.2. The molecule has 12 nitrogen and oxygen atoms in total. The Bertz CT molecular complexity index is 1790. The number of amides is 1. The van der Waals surface area contributed by atoms with Crippen LogP contribution in [0.1, 0.15) is 49.3 Å². The van der Waals surface area contributed by atoms with Crippen LogP contribution in [0.3, 0.4) is 0 Å². The van der Waals surface area contributed by atoms with Gasteiger partial charge >= 0.3 is 12.1 Å². The largest absolute Gasteiger partial charge is 0.490 e. The standard InChI is InChI=1S/C33H36F4N8O4/c1-2-25(46)41-23-14-24(28(27(23)47)49-31(48)33(35,36)37)45-17-40-26-29(42-32(43-30(26)45)44-13-12-21(38)16-44)39-15-22(18-6-4-3-5-7-18)19-8-10-20(34)11-9-19/h3-11,17,21-24,27-28,47H,2,12-16,38H2,1H3,(H,41,46)(H,39,42,43)/t21-,22?,23+,24-,27-,28+/m1/s1. The molecule has 1 saturated heterocycles. The second-order valence-corrected chi connectivity index (χ2v) is 12.3. The number of carbonyl (C=O) groups excluding carboxylic acids is 2. The van der Waals surface area contributed by atoms with Crippen LogP contribution in [0.15, 0.2) is 60.9 Å². The predicted molar refractivity (Wildman–Crippen MR) is 171 cm³/mol. The molecule has 6 rings (SSSR count). The van der Waals surface area contributed by atoms with Crippen molar-refractivity contribution in [1.29, 1.82) is 0 Å². The smallest absolute Gasteiger partial charge is 0.451 e. The fourth-order valence-electron chi connectivity index (χ4n) is 6.44. The molecule has 49 heavy (non-hydrogen) atoms. The molecule has 1 saturated carbocycles. The van der Waals surface area contributed by atoms with E-state index in [0.29, 0.717) is 37.8 Å². The number of aromatic nitrogens is 4. The highest BCUT2D eigenvalue weighted by molar-refractivity contribution is 5.85. The Balaban J connectivity index is 1.40.